The molecule has 0 aliphatic carbocycles. The molecule has 0 saturated carbocycles. The smallest absolute Gasteiger partial charge is 1.00 e. The van der Waals surface area contributed by atoms with Crippen LogP contribution in [-0.2, 0) is 0 Å². The SMILES string of the molecule is FC(F)c1cc[c-]cc1.[Cl-].[Mg+2]. The average Bonchev–Trinajstić information content (AvgIpc) is 1.90. The first-order valence-corrected chi connectivity index (χ1v) is 2.55. The molecule has 0 amide bonds. The van der Waals surface area contributed by atoms with Crippen molar-refractivity contribution < 1.29 is 21.2 Å². The van der Waals surface area contributed by atoms with Gasteiger partial charge in [0.2, 0.25) is 6.43 Å². The molecule has 0 aliphatic rings. The van der Waals surface area contributed by atoms with E-state index in [1.54, 1.807) is 0 Å². The fraction of sp³-hybridized carbons (Fsp3) is 0.143. The van der Waals surface area contributed by atoms with Gasteiger partial charge >= 0.3 is 23.1 Å². The maximum absolute atomic E-state index is 11.8. The van der Waals surface area contributed by atoms with Crippen LogP contribution in [0, 0.1) is 6.07 Å². The minimum atomic E-state index is -2.36. The summed E-state index contributed by atoms with van der Waals surface area (Å²) in [7, 11) is 0. The van der Waals surface area contributed by atoms with Crippen LogP contribution in [0.15, 0.2) is 24.3 Å². The van der Waals surface area contributed by atoms with Crippen LogP contribution in [0.5, 0.6) is 0 Å². The van der Waals surface area contributed by atoms with Crippen molar-refractivity contribution in [3.05, 3.63) is 35.9 Å². The van der Waals surface area contributed by atoms with Gasteiger partial charge in [-0.05, 0) is 0 Å². The van der Waals surface area contributed by atoms with Gasteiger partial charge in [0.15, 0.2) is 0 Å². The number of benzene rings is 1. The second kappa shape index (κ2) is 6.82. The number of halogens is 3. The molecular formula is C7H5ClF2Mg. The summed E-state index contributed by atoms with van der Waals surface area (Å²) in [5.41, 5.74) is 0.0498. The Bertz CT molecular complexity index is 179. The summed E-state index contributed by atoms with van der Waals surface area (Å²) < 4.78 is 23.5. The quantitative estimate of drug-likeness (QED) is 0.392. The molecule has 0 unspecified atom stereocenters. The molecule has 0 saturated heterocycles. The van der Waals surface area contributed by atoms with E-state index >= 15 is 0 Å². The van der Waals surface area contributed by atoms with E-state index in [-0.39, 0.29) is 41.0 Å². The van der Waals surface area contributed by atoms with Gasteiger partial charge in [-0.15, -0.1) is 0 Å². The zero-order valence-corrected chi connectivity index (χ0v) is 7.90. The molecule has 0 radical (unpaired) electrons. The number of hydrogen-bond donors (Lipinski definition) is 0. The summed E-state index contributed by atoms with van der Waals surface area (Å²) in [6.07, 6.45) is -2.36. The molecule has 0 heterocycles. The monoisotopic (exact) mass is 186 g/mol. The molecule has 0 bridgehead atoms. The van der Waals surface area contributed by atoms with Crippen molar-refractivity contribution >= 4 is 23.1 Å². The Balaban J connectivity index is 0. The zero-order valence-electron chi connectivity index (χ0n) is 5.73. The van der Waals surface area contributed by atoms with E-state index in [9.17, 15) is 8.78 Å². The molecule has 1 aromatic rings. The Hall–Kier alpha value is 0.136. The molecule has 0 aromatic heterocycles. The van der Waals surface area contributed by atoms with Gasteiger partial charge in [-0.25, -0.2) is 8.78 Å². The van der Waals surface area contributed by atoms with Gasteiger partial charge in [0.1, 0.15) is 0 Å². The maximum Gasteiger partial charge on any atom is 2.00 e. The molecule has 1 rings (SSSR count). The van der Waals surface area contributed by atoms with Gasteiger partial charge in [-0.2, -0.15) is 30.3 Å². The van der Waals surface area contributed by atoms with Crippen LogP contribution >= 0.6 is 0 Å². The van der Waals surface area contributed by atoms with E-state index in [0.29, 0.717) is 0 Å². The second-order valence-electron chi connectivity index (χ2n) is 1.63. The van der Waals surface area contributed by atoms with Gasteiger partial charge in [0, 0.05) is 0 Å². The minimum Gasteiger partial charge on any atom is -1.00 e. The number of hydrogen-bond acceptors (Lipinski definition) is 0. The van der Waals surface area contributed by atoms with E-state index < -0.39 is 6.43 Å². The molecular weight excluding hydrogens is 182 g/mol. The topological polar surface area (TPSA) is 0 Å². The summed E-state index contributed by atoms with van der Waals surface area (Å²) >= 11 is 0. The second-order valence-corrected chi connectivity index (χ2v) is 1.63. The first-order chi connectivity index (χ1) is 4.30. The third kappa shape index (κ3) is 4.56. The molecule has 0 N–H and O–H groups in total. The molecule has 0 spiro atoms. The third-order valence-electron chi connectivity index (χ3n) is 0.996. The van der Waals surface area contributed by atoms with Crippen molar-refractivity contribution in [2.24, 2.45) is 0 Å². The van der Waals surface area contributed by atoms with Crippen molar-refractivity contribution in [3.8, 4) is 0 Å². The molecule has 1 aromatic carbocycles. The molecule has 0 atom stereocenters. The van der Waals surface area contributed by atoms with E-state index in [1.165, 1.54) is 24.3 Å². The van der Waals surface area contributed by atoms with E-state index in [0.717, 1.165) is 0 Å². The predicted molar refractivity (Wildman–Crippen MR) is 36.0 cm³/mol. The summed E-state index contributed by atoms with van der Waals surface area (Å²) in [6, 6.07) is 8.31. The maximum atomic E-state index is 11.8. The Labute approximate surface area is 86.6 Å². The molecule has 4 heteroatoms. The van der Waals surface area contributed by atoms with E-state index in [1.807, 2.05) is 0 Å². The van der Waals surface area contributed by atoms with Crippen LogP contribution in [0.4, 0.5) is 8.78 Å². The first kappa shape index (κ1) is 13.7. The van der Waals surface area contributed by atoms with Gasteiger partial charge in [-0.1, -0.05) is 5.56 Å². The Morgan fingerprint density at radius 1 is 1.18 bits per heavy atom. The Kier molecular flexibility index (Phi) is 8.50. The van der Waals surface area contributed by atoms with E-state index in [2.05, 4.69) is 6.07 Å². The van der Waals surface area contributed by atoms with Crippen molar-refractivity contribution in [1.82, 2.24) is 0 Å². The Morgan fingerprint density at radius 2 is 1.64 bits per heavy atom. The average molecular weight is 187 g/mol. The van der Waals surface area contributed by atoms with Crippen molar-refractivity contribution in [3.63, 3.8) is 0 Å². The van der Waals surface area contributed by atoms with Crippen LogP contribution in [0.2, 0.25) is 0 Å². The van der Waals surface area contributed by atoms with Crippen LogP contribution < -0.4 is 12.4 Å². The summed E-state index contributed by atoms with van der Waals surface area (Å²) in [5.74, 6) is 0. The van der Waals surface area contributed by atoms with Crippen molar-refractivity contribution in [2.45, 2.75) is 6.43 Å². The molecule has 0 fully saturated rings. The molecule has 56 valence electrons. The number of alkyl halides is 2. The largest absolute Gasteiger partial charge is 2.00 e. The van der Waals surface area contributed by atoms with Gasteiger partial charge < -0.3 is 12.4 Å². The summed E-state index contributed by atoms with van der Waals surface area (Å²) in [6.45, 7) is 0. The third-order valence-corrected chi connectivity index (χ3v) is 0.996. The Morgan fingerprint density at radius 3 is 1.91 bits per heavy atom. The minimum absolute atomic E-state index is 0. The predicted octanol–water partition coefficient (Wildman–Crippen LogP) is -0.952. The first-order valence-electron chi connectivity index (χ1n) is 2.55. The van der Waals surface area contributed by atoms with Crippen molar-refractivity contribution in [2.75, 3.05) is 0 Å². The summed E-state index contributed by atoms with van der Waals surface area (Å²) in [5, 5.41) is 0. The van der Waals surface area contributed by atoms with Gasteiger partial charge in [0.05, 0.1) is 0 Å². The van der Waals surface area contributed by atoms with Crippen LogP contribution in [-0.4, -0.2) is 23.1 Å². The van der Waals surface area contributed by atoms with Gasteiger partial charge in [-0.3, -0.25) is 0 Å². The van der Waals surface area contributed by atoms with Crippen LogP contribution in [0.3, 0.4) is 0 Å². The number of rotatable bonds is 1. The fourth-order valence-corrected chi connectivity index (χ4v) is 0.545. The standard InChI is InChI=1S/C7H5F2.ClH.Mg/c8-7(9)6-4-2-1-3-5-6;;/h2-5,7H;1H;/q-1;;+2/p-1. The van der Waals surface area contributed by atoms with Crippen LogP contribution in [0.25, 0.3) is 0 Å². The van der Waals surface area contributed by atoms with Gasteiger partial charge in [0.25, 0.3) is 0 Å². The molecule has 0 nitrogen and oxygen atoms in total. The fourth-order valence-electron chi connectivity index (χ4n) is 0.545. The summed E-state index contributed by atoms with van der Waals surface area (Å²) in [4.78, 5) is 0. The molecule has 11 heavy (non-hydrogen) atoms. The zero-order chi connectivity index (χ0) is 6.69. The molecule has 0 aliphatic heterocycles. The van der Waals surface area contributed by atoms with E-state index in [4.69, 9.17) is 0 Å². The normalized spacial score (nSPS) is 8.27. The van der Waals surface area contributed by atoms with Crippen molar-refractivity contribution in [1.29, 1.82) is 0 Å². The van der Waals surface area contributed by atoms with Crippen LogP contribution in [0.1, 0.15) is 12.0 Å².